The minimum Gasteiger partial charge on any atom is -0.480 e. The van der Waals surface area contributed by atoms with E-state index in [1.165, 1.54) is 6.08 Å². The van der Waals surface area contributed by atoms with Crippen LogP contribution in [0.1, 0.15) is 25.8 Å². The molecule has 2 atom stereocenters. The van der Waals surface area contributed by atoms with Crippen LogP contribution in [0.25, 0.3) is 6.08 Å². The molecule has 1 amide bonds. The number of carboxylic acids is 1. The Morgan fingerprint density at radius 2 is 2.05 bits per heavy atom. The van der Waals surface area contributed by atoms with E-state index < -0.39 is 17.9 Å². The van der Waals surface area contributed by atoms with Crippen molar-refractivity contribution in [2.45, 2.75) is 26.3 Å². The van der Waals surface area contributed by atoms with Gasteiger partial charge in [-0.1, -0.05) is 50.1 Å². The van der Waals surface area contributed by atoms with Crippen LogP contribution in [-0.2, 0) is 9.59 Å². The van der Waals surface area contributed by atoms with Gasteiger partial charge in [0.25, 0.3) is 0 Å². The Balaban J connectivity index is 2.71. The van der Waals surface area contributed by atoms with E-state index in [1.54, 1.807) is 31.2 Å². The van der Waals surface area contributed by atoms with Gasteiger partial charge in [-0.3, -0.25) is 4.79 Å². The fourth-order valence-corrected chi connectivity index (χ4v) is 1.86. The number of carbonyl (C=O) groups is 2. The highest BCUT2D eigenvalue weighted by Crippen LogP contribution is 2.16. The molecule has 1 aromatic rings. The molecule has 20 heavy (non-hydrogen) atoms. The van der Waals surface area contributed by atoms with Gasteiger partial charge in [0.05, 0.1) is 0 Å². The van der Waals surface area contributed by atoms with Crippen molar-refractivity contribution < 1.29 is 14.7 Å². The fraction of sp³-hybridized carbons (Fsp3) is 0.333. The van der Waals surface area contributed by atoms with E-state index in [1.807, 2.05) is 13.0 Å². The van der Waals surface area contributed by atoms with Gasteiger partial charge in [0.15, 0.2) is 0 Å². The molecule has 4 nitrogen and oxygen atoms in total. The van der Waals surface area contributed by atoms with Gasteiger partial charge in [-0.2, -0.15) is 0 Å². The van der Waals surface area contributed by atoms with Crippen LogP contribution in [0.15, 0.2) is 30.3 Å². The lowest BCUT2D eigenvalue weighted by Gasteiger charge is -2.19. The Bertz CT molecular complexity index is 514. The van der Waals surface area contributed by atoms with Crippen LogP contribution >= 0.6 is 11.6 Å². The van der Waals surface area contributed by atoms with E-state index in [-0.39, 0.29) is 5.92 Å². The van der Waals surface area contributed by atoms with E-state index in [9.17, 15) is 9.59 Å². The fourth-order valence-electron chi connectivity index (χ4n) is 1.66. The summed E-state index contributed by atoms with van der Waals surface area (Å²) in [6.45, 7) is 3.67. The summed E-state index contributed by atoms with van der Waals surface area (Å²) in [6.07, 6.45) is 3.53. The minimum atomic E-state index is -1.03. The predicted molar refractivity (Wildman–Crippen MR) is 79.5 cm³/mol. The van der Waals surface area contributed by atoms with Crippen LogP contribution in [-0.4, -0.2) is 23.0 Å². The molecule has 108 valence electrons. The van der Waals surface area contributed by atoms with Gasteiger partial charge >= 0.3 is 5.97 Å². The lowest BCUT2D eigenvalue weighted by atomic mass is 9.99. The number of rotatable bonds is 6. The van der Waals surface area contributed by atoms with Crippen molar-refractivity contribution >= 4 is 29.6 Å². The highest BCUT2D eigenvalue weighted by atomic mass is 35.5. The molecule has 0 saturated carbocycles. The molecule has 0 heterocycles. The molecule has 1 aromatic carbocycles. The quantitative estimate of drug-likeness (QED) is 0.793. The van der Waals surface area contributed by atoms with Gasteiger partial charge in [-0.15, -0.1) is 0 Å². The molecule has 0 fully saturated rings. The van der Waals surface area contributed by atoms with Gasteiger partial charge < -0.3 is 10.4 Å². The highest BCUT2D eigenvalue weighted by Gasteiger charge is 2.24. The first kappa shape index (κ1) is 16.2. The first-order chi connectivity index (χ1) is 9.45. The number of amides is 1. The van der Waals surface area contributed by atoms with Crippen molar-refractivity contribution in [1.82, 2.24) is 5.32 Å². The molecular formula is C15H18ClNO3. The molecule has 0 aliphatic rings. The molecule has 0 bridgehead atoms. The summed E-state index contributed by atoms with van der Waals surface area (Å²) in [7, 11) is 0. The normalized spacial score (nSPS) is 13.9. The first-order valence-electron chi connectivity index (χ1n) is 6.41. The van der Waals surface area contributed by atoms with Crippen LogP contribution in [0.2, 0.25) is 5.02 Å². The standard InChI is InChI=1S/C15H18ClNO3/c1-3-10(2)14(15(19)20)17-13(18)9-8-11-6-4-5-7-12(11)16/h4-10,14H,3H2,1-2H3,(H,17,18)(H,19,20)/b9-8+. The molecule has 5 heteroatoms. The summed E-state index contributed by atoms with van der Waals surface area (Å²) < 4.78 is 0. The maximum Gasteiger partial charge on any atom is 0.326 e. The average Bonchev–Trinajstić information content (AvgIpc) is 2.42. The number of benzene rings is 1. The molecule has 0 radical (unpaired) electrons. The summed E-state index contributed by atoms with van der Waals surface area (Å²) >= 11 is 5.96. The molecular weight excluding hydrogens is 278 g/mol. The topological polar surface area (TPSA) is 66.4 Å². The van der Waals surface area contributed by atoms with Crippen LogP contribution < -0.4 is 5.32 Å². The van der Waals surface area contributed by atoms with Crippen molar-refractivity contribution in [2.24, 2.45) is 5.92 Å². The average molecular weight is 296 g/mol. The van der Waals surface area contributed by atoms with Crippen molar-refractivity contribution in [3.8, 4) is 0 Å². The number of aliphatic carboxylic acids is 1. The van der Waals surface area contributed by atoms with Crippen molar-refractivity contribution in [3.63, 3.8) is 0 Å². The second-order valence-corrected chi connectivity index (χ2v) is 4.97. The number of carboxylic acid groups (broad SMARTS) is 1. The number of hydrogen-bond donors (Lipinski definition) is 2. The third kappa shape index (κ3) is 4.70. The molecule has 0 aliphatic heterocycles. The monoisotopic (exact) mass is 295 g/mol. The van der Waals surface area contributed by atoms with E-state index >= 15 is 0 Å². The molecule has 0 spiro atoms. The van der Waals surface area contributed by atoms with Crippen LogP contribution in [0.3, 0.4) is 0 Å². The summed E-state index contributed by atoms with van der Waals surface area (Å²) in [5.74, 6) is -1.61. The summed E-state index contributed by atoms with van der Waals surface area (Å²) in [5.41, 5.74) is 0.708. The number of halogens is 1. The molecule has 2 unspecified atom stereocenters. The third-order valence-electron chi connectivity index (χ3n) is 3.10. The zero-order chi connectivity index (χ0) is 15.1. The Kier molecular flexibility index (Phi) is 6.25. The van der Waals surface area contributed by atoms with Gasteiger partial charge in [0.2, 0.25) is 5.91 Å². The van der Waals surface area contributed by atoms with Gasteiger partial charge in [0, 0.05) is 11.1 Å². The van der Waals surface area contributed by atoms with E-state index in [4.69, 9.17) is 16.7 Å². The van der Waals surface area contributed by atoms with E-state index in [0.29, 0.717) is 17.0 Å². The zero-order valence-electron chi connectivity index (χ0n) is 11.5. The highest BCUT2D eigenvalue weighted by molar-refractivity contribution is 6.32. The van der Waals surface area contributed by atoms with Crippen molar-refractivity contribution in [3.05, 3.63) is 40.9 Å². The van der Waals surface area contributed by atoms with Gasteiger partial charge in [-0.25, -0.2) is 4.79 Å². The van der Waals surface area contributed by atoms with Crippen LogP contribution in [0.4, 0.5) is 0 Å². The Morgan fingerprint density at radius 1 is 1.40 bits per heavy atom. The Hall–Kier alpha value is -1.81. The smallest absolute Gasteiger partial charge is 0.326 e. The van der Waals surface area contributed by atoms with Crippen LogP contribution in [0, 0.1) is 5.92 Å². The number of hydrogen-bond acceptors (Lipinski definition) is 2. The van der Waals surface area contributed by atoms with E-state index in [2.05, 4.69) is 5.32 Å². The second-order valence-electron chi connectivity index (χ2n) is 4.56. The molecule has 2 N–H and O–H groups in total. The summed E-state index contributed by atoms with van der Waals surface area (Å²) in [4.78, 5) is 22.9. The lowest BCUT2D eigenvalue weighted by molar-refractivity contribution is -0.142. The summed E-state index contributed by atoms with van der Waals surface area (Å²) in [6, 6.07) is 6.21. The molecule has 0 aliphatic carbocycles. The summed E-state index contributed by atoms with van der Waals surface area (Å²) in [5, 5.41) is 12.1. The van der Waals surface area contributed by atoms with Gasteiger partial charge in [-0.05, 0) is 23.6 Å². The maximum atomic E-state index is 11.8. The predicted octanol–water partition coefficient (Wildman–Crippen LogP) is 2.97. The third-order valence-corrected chi connectivity index (χ3v) is 3.44. The first-order valence-corrected chi connectivity index (χ1v) is 6.79. The molecule has 0 saturated heterocycles. The number of carbonyl (C=O) groups excluding carboxylic acids is 1. The second kappa shape index (κ2) is 7.70. The lowest BCUT2D eigenvalue weighted by Crippen LogP contribution is -2.44. The SMILES string of the molecule is CCC(C)C(NC(=O)/C=C/c1ccccc1Cl)C(=O)O. The van der Waals surface area contributed by atoms with Gasteiger partial charge in [0.1, 0.15) is 6.04 Å². The molecule has 1 rings (SSSR count). The maximum absolute atomic E-state index is 11.8. The minimum absolute atomic E-state index is 0.134. The Morgan fingerprint density at radius 3 is 2.60 bits per heavy atom. The van der Waals surface area contributed by atoms with E-state index in [0.717, 1.165) is 0 Å². The van der Waals surface area contributed by atoms with Crippen molar-refractivity contribution in [2.75, 3.05) is 0 Å². The van der Waals surface area contributed by atoms with Crippen LogP contribution in [0.5, 0.6) is 0 Å². The number of nitrogens with one attached hydrogen (secondary N) is 1. The van der Waals surface area contributed by atoms with Crippen molar-refractivity contribution in [1.29, 1.82) is 0 Å². The zero-order valence-corrected chi connectivity index (χ0v) is 12.2. The molecule has 0 aromatic heterocycles. The largest absolute Gasteiger partial charge is 0.480 e. The Labute approximate surface area is 123 Å².